The SMILES string of the molecule is CCCc1n[nH]c(CC(CC)(CC)C(=O)O)n1. The first-order valence-corrected chi connectivity index (χ1v) is 6.21. The van der Waals surface area contributed by atoms with E-state index in [9.17, 15) is 9.90 Å². The number of rotatable bonds is 7. The van der Waals surface area contributed by atoms with Gasteiger partial charge in [-0.05, 0) is 19.3 Å². The molecule has 0 amide bonds. The highest BCUT2D eigenvalue weighted by Gasteiger charge is 2.36. The normalized spacial score (nSPS) is 11.7. The average molecular weight is 239 g/mol. The molecule has 0 fully saturated rings. The largest absolute Gasteiger partial charge is 0.481 e. The van der Waals surface area contributed by atoms with Crippen molar-refractivity contribution in [1.29, 1.82) is 0 Å². The lowest BCUT2D eigenvalue weighted by atomic mass is 9.79. The maximum absolute atomic E-state index is 11.4. The van der Waals surface area contributed by atoms with E-state index in [1.165, 1.54) is 0 Å². The zero-order valence-electron chi connectivity index (χ0n) is 10.8. The molecular formula is C12H21N3O2. The summed E-state index contributed by atoms with van der Waals surface area (Å²) in [6.45, 7) is 5.87. The van der Waals surface area contributed by atoms with Crippen LogP contribution in [0, 0.1) is 5.41 Å². The number of hydrogen-bond acceptors (Lipinski definition) is 3. The Kier molecular flexibility index (Phi) is 4.66. The summed E-state index contributed by atoms with van der Waals surface area (Å²) >= 11 is 0. The molecule has 1 aromatic rings. The Hall–Kier alpha value is -1.39. The summed E-state index contributed by atoms with van der Waals surface area (Å²) in [6.07, 6.45) is 3.44. The number of carbonyl (C=O) groups is 1. The molecule has 5 nitrogen and oxygen atoms in total. The van der Waals surface area contributed by atoms with Crippen LogP contribution in [-0.2, 0) is 17.6 Å². The molecule has 1 rings (SSSR count). The predicted molar refractivity (Wildman–Crippen MR) is 64.7 cm³/mol. The number of H-pyrrole nitrogens is 1. The Morgan fingerprint density at radius 2 is 2.00 bits per heavy atom. The molecule has 0 bridgehead atoms. The number of nitrogens with zero attached hydrogens (tertiary/aromatic N) is 2. The van der Waals surface area contributed by atoms with Crippen LogP contribution in [0.2, 0.25) is 0 Å². The van der Waals surface area contributed by atoms with E-state index >= 15 is 0 Å². The molecule has 0 saturated heterocycles. The van der Waals surface area contributed by atoms with Gasteiger partial charge in [0.1, 0.15) is 5.82 Å². The number of aromatic amines is 1. The van der Waals surface area contributed by atoms with Crippen LogP contribution in [0.4, 0.5) is 0 Å². The second kappa shape index (κ2) is 5.80. The first-order chi connectivity index (χ1) is 8.07. The van der Waals surface area contributed by atoms with Crippen LogP contribution in [-0.4, -0.2) is 26.3 Å². The van der Waals surface area contributed by atoms with Crippen molar-refractivity contribution >= 4 is 5.97 Å². The third-order valence-electron chi connectivity index (χ3n) is 3.36. The second-order valence-electron chi connectivity index (χ2n) is 4.42. The van der Waals surface area contributed by atoms with E-state index in [-0.39, 0.29) is 0 Å². The summed E-state index contributed by atoms with van der Waals surface area (Å²) in [6, 6.07) is 0. The molecule has 0 aromatic carbocycles. The lowest BCUT2D eigenvalue weighted by molar-refractivity contribution is -0.149. The van der Waals surface area contributed by atoms with Crippen molar-refractivity contribution in [3.05, 3.63) is 11.6 Å². The van der Waals surface area contributed by atoms with E-state index in [2.05, 4.69) is 22.1 Å². The molecular weight excluding hydrogens is 218 g/mol. The van der Waals surface area contributed by atoms with Crippen molar-refractivity contribution < 1.29 is 9.90 Å². The summed E-state index contributed by atoms with van der Waals surface area (Å²) < 4.78 is 0. The van der Waals surface area contributed by atoms with Crippen molar-refractivity contribution in [1.82, 2.24) is 15.2 Å². The second-order valence-corrected chi connectivity index (χ2v) is 4.42. The first-order valence-electron chi connectivity index (χ1n) is 6.21. The van der Waals surface area contributed by atoms with Crippen LogP contribution in [0.25, 0.3) is 0 Å². The molecule has 0 saturated carbocycles. The smallest absolute Gasteiger partial charge is 0.310 e. The quantitative estimate of drug-likeness (QED) is 0.764. The minimum Gasteiger partial charge on any atom is -0.481 e. The van der Waals surface area contributed by atoms with E-state index in [0.29, 0.717) is 25.1 Å². The Balaban J connectivity index is 2.82. The Morgan fingerprint density at radius 1 is 1.35 bits per heavy atom. The van der Waals surface area contributed by atoms with Gasteiger partial charge in [-0.1, -0.05) is 20.8 Å². The van der Waals surface area contributed by atoms with Gasteiger partial charge in [-0.2, -0.15) is 5.10 Å². The van der Waals surface area contributed by atoms with E-state index in [0.717, 1.165) is 18.7 Å². The van der Waals surface area contributed by atoms with Gasteiger partial charge in [-0.3, -0.25) is 9.89 Å². The molecule has 96 valence electrons. The molecule has 0 radical (unpaired) electrons. The molecule has 1 heterocycles. The average Bonchev–Trinajstić information content (AvgIpc) is 2.73. The predicted octanol–water partition coefficient (Wildman–Crippen LogP) is 2.19. The zero-order chi connectivity index (χ0) is 12.9. The molecule has 1 aromatic heterocycles. The van der Waals surface area contributed by atoms with E-state index in [4.69, 9.17) is 0 Å². The molecule has 0 aliphatic carbocycles. The number of aryl methyl sites for hydroxylation is 1. The first kappa shape index (κ1) is 13.7. The standard InChI is InChI=1S/C12H21N3O2/c1-4-7-9-13-10(15-14-9)8-12(5-2,6-3)11(16)17/h4-8H2,1-3H3,(H,16,17)(H,13,14,15). The van der Waals surface area contributed by atoms with Gasteiger partial charge in [0, 0.05) is 12.8 Å². The molecule has 0 aliphatic rings. The molecule has 0 atom stereocenters. The van der Waals surface area contributed by atoms with Gasteiger partial charge in [-0.25, -0.2) is 4.98 Å². The maximum Gasteiger partial charge on any atom is 0.310 e. The van der Waals surface area contributed by atoms with Crippen LogP contribution in [0.3, 0.4) is 0 Å². The molecule has 17 heavy (non-hydrogen) atoms. The fraction of sp³-hybridized carbons (Fsp3) is 0.750. The maximum atomic E-state index is 11.4. The number of carboxylic acids is 1. The summed E-state index contributed by atoms with van der Waals surface area (Å²) in [5, 5.41) is 16.3. The molecule has 0 unspecified atom stereocenters. The third-order valence-corrected chi connectivity index (χ3v) is 3.36. The number of aliphatic carboxylic acids is 1. The van der Waals surface area contributed by atoms with Crippen LogP contribution in [0.5, 0.6) is 0 Å². The summed E-state index contributed by atoms with van der Waals surface area (Å²) in [5.74, 6) is 0.699. The van der Waals surface area contributed by atoms with Gasteiger partial charge in [0.25, 0.3) is 0 Å². The minimum atomic E-state index is -0.754. The number of hydrogen-bond donors (Lipinski definition) is 2. The molecule has 0 aliphatic heterocycles. The molecule has 2 N–H and O–H groups in total. The topological polar surface area (TPSA) is 78.9 Å². The summed E-state index contributed by atoms with van der Waals surface area (Å²) in [7, 11) is 0. The van der Waals surface area contributed by atoms with Crippen molar-refractivity contribution in [3.8, 4) is 0 Å². The Morgan fingerprint density at radius 3 is 2.47 bits per heavy atom. The minimum absolute atomic E-state index is 0.423. The molecule has 0 spiro atoms. The lowest BCUT2D eigenvalue weighted by Crippen LogP contribution is -2.32. The van der Waals surface area contributed by atoms with Crippen molar-refractivity contribution in [2.75, 3.05) is 0 Å². The van der Waals surface area contributed by atoms with Gasteiger partial charge in [-0.15, -0.1) is 0 Å². The zero-order valence-corrected chi connectivity index (χ0v) is 10.8. The van der Waals surface area contributed by atoms with Gasteiger partial charge in [0.2, 0.25) is 0 Å². The lowest BCUT2D eigenvalue weighted by Gasteiger charge is -2.25. The van der Waals surface area contributed by atoms with Crippen molar-refractivity contribution in [2.24, 2.45) is 5.41 Å². The van der Waals surface area contributed by atoms with E-state index < -0.39 is 11.4 Å². The van der Waals surface area contributed by atoms with E-state index in [1.54, 1.807) is 0 Å². The number of carboxylic acid groups (broad SMARTS) is 1. The molecule has 5 heteroatoms. The van der Waals surface area contributed by atoms with Gasteiger partial charge < -0.3 is 5.11 Å². The van der Waals surface area contributed by atoms with Gasteiger partial charge in [0.15, 0.2) is 5.82 Å². The van der Waals surface area contributed by atoms with E-state index in [1.807, 2.05) is 13.8 Å². The van der Waals surface area contributed by atoms with Crippen molar-refractivity contribution in [3.63, 3.8) is 0 Å². The van der Waals surface area contributed by atoms with Gasteiger partial charge >= 0.3 is 5.97 Å². The monoisotopic (exact) mass is 239 g/mol. The van der Waals surface area contributed by atoms with Crippen LogP contribution in [0.15, 0.2) is 0 Å². The Bertz CT molecular complexity index is 370. The van der Waals surface area contributed by atoms with Crippen LogP contribution in [0.1, 0.15) is 51.7 Å². The number of aromatic nitrogens is 3. The van der Waals surface area contributed by atoms with Crippen LogP contribution < -0.4 is 0 Å². The number of nitrogens with one attached hydrogen (secondary N) is 1. The fourth-order valence-corrected chi connectivity index (χ4v) is 1.95. The summed E-state index contributed by atoms with van der Waals surface area (Å²) in [5.41, 5.74) is -0.719. The third kappa shape index (κ3) is 3.05. The highest BCUT2D eigenvalue weighted by Crippen LogP contribution is 2.30. The Labute approximate surface area is 102 Å². The van der Waals surface area contributed by atoms with Crippen molar-refractivity contribution in [2.45, 2.75) is 52.9 Å². The highest BCUT2D eigenvalue weighted by molar-refractivity contribution is 5.74. The van der Waals surface area contributed by atoms with Gasteiger partial charge in [0.05, 0.1) is 5.41 Å². The fourth-order valence-electron chi connectivity index (χ4n) is 1.95. The highest BCUT2D eigenvalue weighted by atomic mass is 16.4. The summed E-state index contributed by atoms with van der Waals surface area (Å²) in [4.78, 5) is 15.7. The van der Waals surface area contributed by atoms with Crippen LogP contribution >= 0.6 is 0 Å².